The van der Waals surface area contributed by atoms with Crippen LogP contribution in [0.1, 0.15) is 71.4 Å². The Morgan fingerprint density at radius 2 is 1.11 bits per heavy atom. The molecule has 0 bridgehead atoms. The molecule has 0 aliphatic carbocycles. The second-order valence-corrected chi connectivity index (χ2v) is 8.53. The van der Waals surface area contributed by atoms with Gasteiger partial charge in [0.1, 0.15) is 0 Å². The van der Waals surface area contributed by atoms with Gasteiger partial charge >= 0.3 is 0 Å². The molecule has 0 aliphatic rings. The fourth-order valence-corrected chi connectivity index (χ4v) is 3.66. The number of nitro benzene ring substituents is 1. The zero-order chi connectivity index (χ0) is 25.2. The molecule has 0 fully saturated rings. The molecular formula is C28H31N3O4. The summed E-state index contributed by atoms with van der Waals surface area (Å²) < 4.78 is 0. The third-order valence-electron chi connectivity index (χ3n) is 5.71. The van der Waals surface area contributed by atoms with Gasteiger partial charge in [-0.1, -0.05) is 51.0 Å². The number of hydrogen-bond donors (Lipinski definition) is 2. The van der Waals surface area contributed by atoms with Gasteiger partial charge in [-0.2, -0.15) is 0 Å². The summed E-state index contributed by atoms with van der Waals surface area (Å²) in [4.78, 5) is 36.5. The van der Waals surface area contributed by atoms with Gasteiger partial charge in [0.15, 0.2) is 0 Å². The number of rotatable bonds is 11. The first-order valence-corrected chi connectivity index (χ1v) is 12.0. The summed E-state index contributed by atoms with van der Waals surface area (Å²) in [5.41, 5.74) is 3.26. The number of carbonyl (C=O) groups is 2. The number of benzene rings is 3. The zero-order valence-corrected chi connectivity index (χ0v) is 20.2. The van der Waals surface area contributed by atoms with E-state index >= 15 is 0 Å². The molecule has 0 heterocycles. The van der Waals surface area contributed by atoms with Crippen molar-refractivity contribution in [3.05, 3.63) is 99.1 Å². The van der Waals surface area contributed by atoms with Gasteiger partial charge in [-0.15, -0.1) is 0 Å². The predicted octanol–water partition coefficient (Wildman–Crippen LogP) is 6.78. The van der Waals surface area contributed by atoms with Crippen LogP contribution in [0.3, 0.4) is 0 Å². The van der Waals surface area contributed by atoms with Gasteiger partial charge in [0.2, 0.25) is 0 Å². The standard InChI is InChI=1S/C28H31N3O4/c1-3-5-7-20-9-13-24(14-10-20)29-27(32)22-17-23(19-26(18-22)31(34)35)28(33)30-25-15-11-21(12-16-25)8-6-4-2/h9-19H,3-8H2,1-2H3,(H,29,32)(H,30,33). The number of hydrogen-bond acceptors (Lipinski definition) is 4. The second-order valence-electron chi connectivity index (χ2n) is 8.53. The first-order chi connectivity index (χ1) is 16.9. The van der Waals surface area contributed by atoms with Crippen molar-refractivity contribution in [2.24, 2.45) is 0 Å². The van der Waals surface area contributed by atoms with Crippen molar-refractivity contribution in [1.82, 2.24) is 0 Å². The molecule has 0 aliphatic heterocycles. The van der Waals surface area contributed by atoms with Crippen molar-refractivity contribution in [3.8, 4) is 0 Å². The molecule has 7 nitrogen and oxygen atoms in total. The smallest absolute Gasteiger partial charge is 0.271 e. The maximum absolute atomic E-state index is 12.8. The van der Waals surface area contributed by atoms with Crippen LogP contribution in [0.15, 0.2) is 66.7 Å². The van der Waals surface area contributed by atoms with E-state index in [0.717, 1.165) is 38.5 Å². The molecule has 2 amide bonds. The van der Waals surface area contributed by atoms with E-state index in [-0.39, 0.29) is 16.8 Å². The topological polar surface area (TPSA) is 101 Å². The highest BCUT2D eigenvalue weighted by molar-refractivity contribution is 6.09. The summed E-state index contributed by atoms with van der Waals surface area (Å²) in [5.74, 6) is -1.05. The Bertz CT molecular complexity index is 1090. The number of anilines is 2. The molecule has 0 spiro atoms. The van der Waals surface area contributed by atoms with Crippen molar-refractivity contribution < 1.29 is 14.5 Å². The second kappa shape index (κ2) is 12.5. The van der Waals surface area contributed by atoms with Crippen LogP contribution in [-0.4, -0.2) is 16.7 Å². The Balaban J connectivity index is 1.75. The lowest BCUT2D eigenvalue weighted by Gasteiger charge is -2.10. The number of unbranched alkanes of at least 4 members (excludes halogenated alkanes) is 2. The van der Waals surface area contributed by atoms with Gasteiger partial charge in [0.05, 0.1) is 4.92 Å². The third-order valence-corrected chi connectivity index (χ3v) is 5.71. The van der Waals surface area contributed by atoms with Crippen LogP contribution in [0, 0.1) is 10.1 Å². The molecule has 2 N–H and O–H groups in total. The molecule has 0 radical (unpaired) electrons. The van der Waals surface area contributed by atoms with Crippen LogP contribution in [0.5, 0.6) is 0 Å². The van der Waals surface area contributed by atoms with E-state index in [2.05, 4.69) is 24.5 Å². The Morgan fingerprint density at radius 1 is 0.714 bits per heavy atom. The quantitative estimate of drug-likeness (QED) is 0.237. The highest BCUT2D eigenvalue weighted by Crippen LogP contribution is 2.21. The van der Waals surface area contributed by atoms with Crippen LogP contribution in [0.25, 0.3) is 0 Å². The molecule has 3 aromatic rings. The molecule has 0 saturated heterocycles. The number of nitrogens with one attached hydrogen (secondary N) is 2. The summed E-state index contributed by atoms with van der Waals surface area (Å²) in [5, 5.41) is 17.0. The van der Waals surface area contributed by atoms with Gasteiger partial charge in [-0.05, 0) is 67.1 Å². The minimum Gasteiger partial charge on any atom is -0.322 e. The van der Waals surface area contributed by atoms with Crippen molar-refractivity contribution in [3.63, 3.8) is 0 Å². The molecule has 182 valence electrons. The zero-order valence-electron chi connectivity index (χ0n) is 20.2. The van der Waals surface area contributed by atoms with Crippen molar-refractivity contribution in [2.45, 2.75) is 52.4 Å². The molecule has 7 heteroatoms. The molecule has 0 saturated carbocycles. The summed E-state index contributed by atoms with van der Waals surface area (Å²) in [6, 6.07) is 18.7. The van der Waals surface area contributed by atoms with E-state index < -0.39 is 16.7 Å². The van der Waals surface area contributed by atoms with E-state index in [1.54, 1.807) is 24.3 Å². The minimum absolute atomic E-state index is 0.0364. The van der Waals surface area contributed by atoms with Crippen molar-refractivity contribution >= 4 is 28.9 Å². The van der Waals surface area contributed by atoms with Gasteiger partial charge in [0, 0.05) is 34.6 Å². The first kappa shape index (κ1) is 25.6. The molecule has 0 unspecified atom stereocenters. The molecular weight excluding hydrogens is 442 g/mol. The number of non-ortho nitro benzene ring substituents is 1. The summed E-state index contributed by atoms with van der Waals surface area (Å²) in [6.45, 7) is 4.26. The highest BCUT2D eigenvalue weighted by Gasteiger charge is 2.18. The monoisotopic (exact) mass is 473 g/mol. The Labute approximate surface area is 205 Å². The van der Waals surface area contributed by atoms with E-state index in [9.17, 15) is 19.7 Å². The van der Waals surface area contributed by atoms with Gasteiger partial charge < -0.3 is 10.6 Å². The third kappa shape index (κ3) is 7.50. The highest BCUT2D eigenvalue weighted by atomic mass is 16.6. The van der Waals surface area contributed by atoms with E-state index in [1.165, 1.54) is 29.3 Å². The van der Waals surface area contributed by atoms with Crippen LogP contribution >= 0.6 is 0 Å². The van der Waals surface area contributed by atoms with Crippen molar-refractivity contribution in [2.75, 3.05) is 10.6 Å². The lowest BCUT2D eigenvalue weighted by atomic mass is 10.1. The maximum atomic E-state index is 12.8. The SMILES string of the molecule is CCCCc1ccc(NC(=O)c2cc(C(=O)Nc3ccc(CCCC)cc3)cc([N+](=O)[O-])c2)cc1. The molecule has 0 atom stereocenters. The number of nitrogens with zero attached hydrogens (tertiary/aromatic N) is 1. The van der Waals surface area contributed by atoms with Gasteiger partial charge in [-0.3, -0.25) is 19.7 Å². The molecule has 35 heavy (non-hydrogen) atoms. The first-order valence-electron chi connectivity index (χ1n) is 12.0. The van der Waals surface area contributed by atoms with E-state index in [1.807, 2.05) is 24.3 Å². The van der Waals surface area contributed by atoms with Crippen LogP contribution in [0.2, 0.25) is 0 Å². The maximum Gasteiger partial charge on any atom is 0.271 e. The Morgan fingerprint density at radius 3 is 1.46 bits per heavy atom. The Kier molecular flexibility index (Phi) is 9.12. The van der Waals surface area contributed by atoms with Crippen LogP contribution in [-0.2, 0) is 12.8 Å². The number of aryl methyl sites for hydroxylation is 2. The van der Waals surface area contributed by atoms with Crippen LogP contribution in [0.4, 0.5) is 17.1 Å². The summed E-state index contributed by atoms with van der Waals surface area (Å²) >= 11 is 0. The van der Waals surface area contributed by atoms with Crippen molar-refractivity contribution in [1.29, 1.82) is 0 Å². The normalized spacial score (nSPS) is 10.6. The molecule has 3 aromatic carbocycles. The van der Waals surface area contributed by atoms with Crippen LogP contribution < -0.4 is 10.6 Å². The predicted molar refractivity (Wildman–Crippen MR) is 139 cm³/mol. The number of nitro groups is 1. The number of amides is 2. The van der Waals surface area contributed by atoms with E-state index in [0.29, 0.717) is 11.4 Å². The summed E-state index contributed by atoms with van der Waals surface area (Å²) in [7, 11) is 0. The minimum atomic E-state index is -0.612. The fraction of sp³-hybridized carbons (Fsp3) is 0.286. The average molecular weight is 474 g/mol. The molecule has 3 rings (SSSR count). The van der Waals surface area contributed by atoms with Gasteiger partial charge in [0.25, 0.3) is 17.5 Å². The largest absolute Gasteiger partial charge is 0.322 e. The lowest BCUT2D eigenvalue weighted by Crippen LogP contribution is -2.16. The lowest BCUT2D eigenvalue weighted by molar-refractivity contribution is -0.384. The van der Waals surface area contributed by atoms with Gasteiger partial charge in [-0.25, -0.2) is 0 Å². The number of carbonyl (C=O) groups excluding carboxylic acids is 2. The molecule has 0 aromatic heterocycles. The fourth-order valence-electron chi connectivity index (χ4n) is 3.66. The van der Waals surface area contributed by atoms with E-state index in [4.69, 9.17) is 0 Å². The Hall–Kier alpha value is -4.00. The average Bonchev–Trinajstić information content (AvgIpc) is 2.87. The summed E-state index contributed by atoms with van der Waals surface area (Å²) in [6.07, 6.45) is 6.32.